The molecule has 112 valence electrons. The van der Waals surface area contributed by atoms with Crippen molar-refractivity contribution in [2.24, 2.45) is 0 Å². The quantitative estimate of drug-likeness (QED) is 0.540. The van der Waals surface area contributed by atoms with Crippen LogP contribution >= 0.6 is 15.9 Å². The monoisotopic (exact) mass is 366 g/mol. The van der Waals surface area contributed by atoms with Gasteiger partial charge in [-0.2, -0.15) is 5.10 Å². The van der Waals surface area contributed by atoms with Gasteiger partial charge >= 0.3 is 0 Å². The van der Waals surface area contributed by atoms with Gasteiger partial charge in [-0.3, -0.25) is 0 Å². The van der Waals surface area contributed by atoms with Crippen molar-refractivity contribution in [3.63, 3.8) is 0 Å². The molecule has 0 unspecified atom stereocenters. The third-order valence-electron chi connectivity index (χ3n) is 3.38. The van der Waals surface area contributed by atoms with Gasteiger partial charge < -0.3 is 4.74 Å². The molecule has 0 saturated carbocycles. The maximum absolute atomic E-state index is 5.92. The van der Waals surface area contributed by atoms with Gasteiger partial charge in [0.1, 0.15) is 12.1 Å². The summed E-state index contributed by atoms with van der Waals surface area (Å²) in [5.41, 5.74) is 1.81. The van der Waals surface area contributed by atoms with Crippen molar-refractivity contribution < 1.29 is 4.74 Å². The zero-order chi connectivity index (χ0) is 15.6. The number of rotatable bonds is 3. The van der Waals surface area contributed by atoms with Gasteiger partial charge in [0, 0.05) is 16.9 Å². The zero-order valence-electron chi connectivity index (χ0n) is 11.9. The fourth-order valence-electron chi connectivity index (χ4n) is 2.29. The molecular weight excluding hydrogens is 356 g/mol. The molecule has 0 aliphatic rings. The third kappa shape index (κ3) is 2.80. The van der Waals surface area contributed by atoms with Gasteiger partial charge in [0.2, 0.25) is 5.88 Å². The van der Waals surface area contributed by atoms with Crippen LogP contribution in [0, 0.1) is 0 Å². The molecule has 0 fully saturated rings. The topological polar surface area (TPSA) is 52.8 Å². The Balaban J connectivity index is 1.67. The van der Waals surface area contributed by atoms with Crippen LogP contribution in [0.3, 0.4) is 0 Å². The van der Waals surface area contributed by atoms with Gasteiger partial charge in [-0.15, -0.1) is 0 Å². The fraction of sp³-hybridized carbons (Fsp3) is 0. The van der Waals surface area contributed by atoms with Crippen molar-refractivity contribution in [3.05, 3.63) is 71.7 Å². The molecule has 5 nitrogen and oxygen atoms in total. The SMILES string of the molecule is Brc1ccc2ncnc(Oc3ccc(-n4cccn4)cc3)c2c1. The maximum atomic E-state index is 5.92. The summed E-state index contributed by atoms with van der Waals surface area (Å²) in [6, 6.07) is 15.4. The lowest BCUT2D eigenvalue weighted by Gasteiger charge is -2.08. The molecule has 0 atom stereocenters. The van der Waals surface area contributed by atoms with E-state index in [9.17, 15) is 0 Å². The largest absolute Gasteiger partial charge is 0.438 e. The number of nitrogens with zero attached hydrogens (tertiary/aromatic N) is 4. The van der Waals surface area contributed by atoms with Crippen molar-refractivity contribution in [3.8, 4) is 17.3 Å². The summed E-state index contributed by atoms with van der Waals surface area (Å²) in [6.45, 7) is 0. The summed E-state index contributed by atoms with van der Waals surface area (Å²) in [7, 11) is 0. The fourth-order valence-corrected chi connectivity index (χ4v) is 2.65. The van der Waals surface area contributed by atoms with Crippen LogP contribution in [0.2, 0.25) is 0 Å². The first-order valence-corrected chi connectivity index (χ1v) is 7.77. The molecule has 0 amide bonds. The second-order valence-electron chi connectivity index (χ2n) is 4.89. The summed E-state index contributed by atoms with van der Waals surface area (Å²) in [5.74, 6) is 1.24. The van der Waals surface area contributed by atoms with E-state index >= 15 is 0 Å². The van der Waals surface area contributed by atoms with Crippen LogP contribution in [0.4, 0.5) is 0 Å². The number of benzene rings is 2. The van der Waals surface area contributed by atoms with Crippen LogP contribution < -0.4 is 4.74 Å². The molecule has 6 heteroatoms. The van der Waals surface area contributed by atoms with Crippen molar-refractivity contribution >= 4 is 26.8 Å². The minimum Gasteiger partial charge on any atom is -0.438 e. The average Bonchev–Trinajstić information content (AvgIpc) is 3.11. The second kappa shape index (κ2) is 5.81. The molecule has 0 bridgehead atoms. The zero-order valence-corrected chi connectivity index (χ0v) is 13.5. The van der Waals surface area contributed by atoms with Crippen molar-refractivity contribution in [2.75, 3.05) is 0 Å². The lowest BCUT2D eigenvalue weighted by molar-refractivity contribution is 0.468. The number of hydrogen-bond acceptors (Lipinski definition) is 4. The van der Waals surface area contributed by atoms with E-state index in [4.69, 9.17) is 4.74 Å². The van der Waals surface area contributed by atoms with Crippen LogP contribution in [0.15, 0.2) is 71.7 Å². The van der Waals surface area contributed by atoms with E-state index in [0.717, 1.165) is 21.1 Å². The van der Waals surface area contributed by atoms with Crippen molar-refractivity contribution in [1.82, 2.24) is 19.7 Å². The molecule has 2 heterocycles. The lowest BCUT2D eigenvalue weighted by atomic mass is 10.2. The molecule has 0 saturated heterocycles. The summed E-state index contributed by atoms with van der Waals surface area (Å²) in [4.78, 5) is 8.49. The van der Waals surface area contributed by atoms with E-state index in [-0.39, 0.29) is 0 Å². The maximum Gasteiger partial charge on any atom is 0.230 e. The predicted molar refractivity (Wildman–Crippen MR) is 90.9 cm³/mol. The van der Waals surface area contributed by atoms with Crippen LogP contribution in [0.5, 0.6) is 11.6 Å². The molecule has 4 aromatic rings. The average molecular weight is 367 g/mol. The van der Waals surface area contributed by atoms with E-state index in [1.54, 1.807) is 10.9 Å². The highest BCUT2D eigenvalue weighted by molar-refractivity contribution is 9.10. The Hall–Kier alpha value is -2.73. The minimum atomic E-state index is 0.531. The Kier molecular flexibility index (Phi) is 3.51. The van der Waals surface area contributed by atoms with Gasteiger partial charge in [-0.05, 0) is 48.5 Å². The van der Waals surface area contributed by atoms with Crippen LogP contribution in [0.25, 0.3) is 16.6 Å². The predicted octanol–water partition coefficient (Wildman–Crippen LogP) is 4.37. The molecule has 2 aromatic heterocycles. The number of halogens is 1. The summed E-state index contributed by atoms with van der Waals surface area (Å²) >= 11 is 3.46. The lowest BCUT2D eigenvalue weighted by Crippen LogP contribution is -1.95. The first-order valence-electron chi connectivity index (χ1n) is 6.98. The molecule has 0 radical (unpaired) electrons. The second-order valence-corrected chi connectivity index (χ2v) is 5.80. The minimum absolute atomic E-state index is 0.531. The van der Waals surface area contributed by atoms with Crippen LogP contribution in [0.1, 0.15) is 0 Å². The normalized spacial score (nSPS) is 10.8. The summed E-state index contributed by atoms with van der Waals surface area (Å²) in [6.07, 6.45) is 5.14. The number of fused-ring (bicyclic) bond motifs is 1. The van der Waals surface area contributed by atoms with Gasteiger partial charge in [0.05, 0.1) is 16.6 Å². The van der Waals surface area contributed by atoms with Gasteiger partial charge in [0.15, 0.2) is 0 Å². The van der Waals surface area contributed by atoms with E-state index in [1.165, 1.54) is 6.33 Å². The first kappa shape index (κ1) is 13.9. The molecule has 4 rings (SSSR count). The van der Waals surface area contributed by atoms with Crippen LogP contribution in [-0.4, -0.2) is 19.7 Å². The van der Waals surface area contributed by atoms with Gasteiger partial charge in [0.25, 0.3) is 0 Å². The molecule has 0 spiro atoms. The van der Waals surface area contributed by atoms with Gasteiger partial charge in [-0.25, -0.2) is 14.6 Å². The first-order chi connectivity index (χ1) is 11.3. The highest BCUT2D eigenvalue weighted by atomic mass is 79.9. The van der Waals surface area contributed by atoms with Crippen molar-refractivity contribution in [2.45, 2.75) is 0 Å². The molecule has 0 aliphatic carbocycles. The van der Waals surface area contributed by atoms with E-state index in [0.29, 0.717) is 11.6 Å². The third-order valence-corrected chi connectivity index (χ3v) is 3.87. The van der Waals surface area contributed by atoms with E-state index in [2.05, 4.69) is 31.0 Å². The molecule has 23 heavy (non-hydrogen) atoms. The Bertz CT molecular complexity index is 952. The molecule has 2 aromatic carbocycles. The Labute approximate surface area is 140 Å². The molecular formula is C17H11BrN4O. The smallest absolute Gasteiger partial charge is 0.230 e. The van der Waals surface area contributed by atoms with Gasteiger partial charge in [-0.1, -0.05) is 15.9 Å². The molecule has 0 N–H and O–H groups in total. The van der Waals surface area contributed by atoms with Crippen molar-refractivity contribution in [1.29, 1.82) is 0 Å². The summed E-state index contributed by atoms with van der Waals surface area (Å²) < 4.78 is 8.67. The Morgan fingerprint density at radius 2 is 1.87 bits per heavy atom. The van der Waals surface area contributed by atoms with E-state index < -0.39 is 0 Å². The number of aromatic nitrogens is 4. The Morgan fingerprint density at radius 1 is 1.00 bits per heavy atom. The van der Waals surface area contributed by atoms with E-state index in [1.807, 2.05) is 54.7 Å². The number of hydrogen-bond donors (Lipinski definition) is 0. The highest BCUT2D eigenvalue weighted by Crippen LogP contribution is 2.29. The molecule has 0 aliphatic heterocycles. The summed E-state index contributed by atoms with van der Waals surface area (Å²) in [5, 5.41) is 5.06. The standard InChI is InChI=1S/C17H11BrN4O/c18-12-2-7-16-15(10-12)17(20-11-19-16)23-14-5-3-13(4-6-14)22-9-1-8-21-22/h1-11H. The van der Waals surface area contributed by atoms with Crippen LogP contribution in [-0.2, 0) is 0 Å². The number of ether oxygens (including phenoxy) is 1. The highest BCUT2D eigenvalue weighted by Gasteiger charge is 2.07. The Morgan fingerprint density at radius 3 is 2.65 bits per heavy atom.